The van der Waals surface area contributed by atoms with Crippen molar-refractivity contribution >= 4 is 11.0 Å². The minimum atomic E-state index is 0.477. The van der Waals surface area contributed by atoms with Gasteiger partial charge < -0.3 is 9.73 Å². The number of nitrogens with zero attached hydrogens (tertiary/aromatic N) is 1. The van der Waals surface area contributed by atoms with Gasteiger partial charge in [0, 0.05) is 23.5 Å². The molecule has 110 valence electrons. The summed E-state index contributed by atoms with van der Waals surface area (Å²) in [7, 11) is 2.15. The van der Waals surface area contributed by atoms with E-state index in [0.29, 0.717) is 6.04 Å². The second kappa shape index (κ2) is 6.91. The van der Waals surface area contributed by atoms with Gasteiger partial charge in [-0.05, 0) is 26.1 Å². The highest BCUT2D eigenvalue weighted by atomic mass is 16.3. The third-order valence-electron chi connectivity index (χ3n) is 3.49. The first-order valence-corrected chi connectivity index (χ1v) is 7.53. The number of hydrogen-bond acceptors (Lipinski definition) is 3. The molecule has 1 heterocycles. The van der Waals surface area contributed by atoms with E-state index in [0.717, 1.165) is 37.4 Å². The lowest BCUT2D eigenvalue weighted by molar-refractivity contribution is 0.297. The molecule has 1 N–H and O–H groups in total. The van der Waals surface area contributed by atoms with Crippen molar-refractivity contribution in [1.29, 1.82) is 0 Å². The molecule has 0 bridgehead atoms. The summed E-state index contributed by atoms with van der Waals surface area (Å²) in [5, 5.41) is 4.74. The van der Waals surface area contributed by atoms with E-state index in [1.807, 2.05) is 6.07 Å². The molecule has 1 aromatic carbocycles. The van der Waals surface area contributed by atoms with E-state index in [2.05, 4.69) is 56.2 Å². The first-order chi connectivity index (χ1) is 9.61. The van der Waals surface area contributed by atoms with Crippen LogP contribution >= 0.6 is 0 Å². The second-order valence-electron chi connectivity index (χ2n) is 5.77. The molecule has 0 amide bonds. The molecular formula is C17H26N2O. The monoisotopic (exact) mass is 274 g/mol. The minimum absolute atomic E-state index is 0.477. The largest absolute Gasteiger partial charge is 0.459 e. The van der Waals surface area contributed by atoms with Crippen molar-refractivity contribution in [2.75, 3.05) is 13.6 Å². The molecule has 0 aliphatic rings. The summed E-state index contributed by atoms with van der Waals surface area (Å²) in [5.41, 5.74) is 2.30. The summed E-state index contributed by atoms with van der Waals surface area (Å²) < 4.78 is 6.07. The highest BCUT2D eigenvalue weighted by molar-refractivity contribution is 5.82. The fourth-order valence-electron chi connectivity index (χ4n) is 2.48. The van der Waals surface area contributed by atoms with Crippen LogP contribution in [0.3, 0.4) is 0 Å². The molecule has 0 radical (unpaired) electrons. The summed E-state index contributed by atoms with van der Waals surface area (Å²) in [6.45, 7) is 9.38. The van der Waals surface area contributed by atoms with E-state index in [1.165, 1.54) is 10.9 Å². The topological polar surface area (TPSA) is 28.4 Å². The first-order valence-electron chi connectivity index (χ1n) is 7.53. The van der Waals surface area contributed by atoms with Crippen molar-refractivity contribution in [2.45, 2.75) is 46.3 Å². The molecule has 0 saturated heterocycles. The molecular weight excluding hydrogens is 248 g/mol. The van der Waals surface area contributed by atoms with Crippen molar-refractivity contribution in [2.24, 2.45) is 0 Å². The summed E-state index contributed by atoms with van der Waals surface area (Å²) in [4.78, 5) is 2.32. The lowest BCUT2D eigenvalue weighted by atomic mass is 10.1. The molecule has 0 fully saturated rings. The van der Waals surface area contributed by atoms with E-state index in [9.17, 15) is 0 Å². The number of hydrogen-bond donors (Lipinski definition) is 1. The van der Waals surface area contributed by atoms with Crippen LogP contribution in [0.25, 0.3) is 11.0 Å². The van der Waals surface area contributed by atoms with Crippen LogP contribution in [-0.4, -0.2) is 24.5 Å². The molecule has 0 saturated carbocycles. The van der Waals surface area contributed by atoms with Gasteiger partial charge in [0.25, 0.3) is 0 Å². The Morgan fingerprint density at radius 3 is 2.70 bits per heavy atom. The number of fused-ring (bicyclic) bond motifs is 1. The van der Waals surface area contributed by atoms with Crippen molar-refractivity contribution in [3.63, 3.8) is 0 Å². The Balaban J connectivity index is 2.28. The standard InChI is InChI=1S/C17H26N2O/c1-5-10-19(4)12-17-15(11-18-13(2)3)14-8-6-7-9-16(14)20-17/h6-9,13,18H,5,10-12H2,1-4H3. The van der Waals surface area contributed by atoms with Crippen LogP contribution in [0.15, 0.2) is 28.7 Å². The maximum absolute atomic E-state index is 6.07. The van der Waals surface area contributed by atoms with Gasteiger partial charge in [-0.3, -0.25) is 4.90 Å². The molecule has 0 spiro atoms. The van der Waals surface area contributed by atoms with E-state index >= 15 is 0 Å². The maximum atomic E-state index is 6.07. The van der Waals surface area contributed by atoms with Gasteiger partial charge in [0.15, 0.2) is 0 Å². The highest BCUT2D eigenvalue weighted by Gasteiger charge is 2.15. The van der Waals surface area contributed by atoms with Crippen LogP contribution in [0.5, 0.6) is 0 Å². The SMILES string of the molecule is CCCN(C)Cc1oc2ccccc2c1CNC(C)C. The van der Waals surface area contributed by atoms with Gasteiger partial charge in [-0.2, -0.15) is 0 Å². The third-order valence-corrected chi connectivity index (χ3v) is 3.49. The summed E-state index contributed by atoms with van der Waals surface area (Å²) >= 11 is 0. The zero-order valence-corrected chi connectivity index (χ0v) is 13.1. The molecule has 0 aliphatic heterocycles. The first kappa shape index (κ1) is 15.1. The van der Waals surface area contributed by atoms with E-state index < -0.39 is 0 Å². The molecule has 20 heavy (non-hydrogen) atoms. The lowest BCUT2D eigenvalue weighted by Gasteiger charge is -2.15. The second-order valence-corrected chi connectivity index (χ2v) is 5.77. The van der Waals surface area contributed by atoms with Gasteiger partial charge in [-0.15, -0.1) is 0 Å². The Labute approximate surface area is 122 Å². The molecule has 1 aromatic heterocycles. The zero-order chi connectivity index (χ0) is 14.5. The highest BCUT2D eigenvalue weighted by Crippen LogP contribution is 2.26. The van der Waals surface area contributed by atoms with Gasteiger partial charge in [0.2, 0.25) is 0 Å². The van der Waals surface area contributed by atoms with Gasteiger partial charge in [0.1, 0.15) is 11.3 Å². The molecule has 0 aliphatic carbocycles. The Kier molecular flexibility index (Phi) is 5.21. The van der Waals surface area contributed by atoms with Crippen molar-refractivity contribution in [3.05, 3.63) is 35.6 Å². The number of furan rings is 1. The predicted octanol–water partition coefficient (Wildman–Crippen LogP) is 3.77. The number of rotatable bonds is 7. The smallest absolute Gasteiger partial charge is 0.134 e. The normalized spacial score (nSPS) is 11.9. The Bertz CT molecular complexity index is 545. The number of para-hydroxylation sites is 1. The fraction of sp³-hybridized carbons (Fsp3) is 0.529. The van der Waals surface area contributed by atoms with Crippen LogP contribution in [0.4, 0.5) is 0 Å². The van der Waals surface area contributed by atoms with Gasteiger partial charge in [-0.25, -0.2) is 0 Å². The zero-order valence-electron chi connectivity index (χ0n) is 13.1. The molecule has 3 heteroatoms. The Morgan fingerprint density at radius 2 is 2.00 bits per heavy atom. The lowest BCUT2D eigenvalue weighted by Crippen LogP contribution is -2.23. The summed E-state index contributed by atoms with van der Waals surface area (Å²) in [6.07, 6.45) is 1.16. The number of benzene rings is 1. The molecule has 3 nitrogen and oxygen atoms in total. The fourth-order valence-corrected chi connectivity index (χ4v) is 2.48. The molecule has 2 rings (SSSR count). The van der Waals surface area contributed by atoms with E-state index in [4.69, 9.17) is 4.42 Å². The maximum Gasteiger partial charge on any atom is 0.134 e. The predicted molar refractivity (Wildman–Crippen MR) is 84.8 cm³/mol. The average Bonchev–Trinajstić information content (AvgIpc) is 2.73. The molecule has 0 atom stereocenters. The quantitative estimate of drug-likeness (QED) is 0.833. The van der Waals surface area contributed by atoms with Crippen LogP contribution < -0.4 is 5.32 Å². The minimum Gasteiger partial charge on any atom is -0.459 e. The van der Waals surface area contributed by atoms with Gasteiger partial charge in [0.05, 0.1) is 6.54 Å². The van der Waals surface area contributed by atoms with Gasteiger partial charge in [-0.1, -0.05) is 39.0 Å². The van der Waals surface area contributed by atoms with Gasteiger partial charge >= 0.3 is 0 Å². The number of nitrogens with one attached hydrogen (secondary N) is 1. The van der Waals surface area contributed by atoms with Crippen molar-refractivity contribution in [1.82, 2.24) is 10.2 Å². The summed E-state index contributed by atoms with van der Waals surface area (Å²) in [6, 6.07) is 8.79. The third kappa shape index (κ3) is 3.62. The van der Waals surface area contributed by atoms with Crippen LogP contribution in [0.1, 0.15) is 38.5 Å². The Hall–Kier alpha value is -1.32. The van der Waals surface area contributed by atoms with Crippen LogP contribution in [0, 0.1) is 0 Å². The summed E-state index contributed by atoms with van der Waals surface area (Å²) in [5.74, 6) is 1.09. The van der Waals surface area contributed by atoms with Crippen molar-refractivity contribution < 1.29 is 4.42 Å². The average molecular weight is 274 g/mol. The molecule has 2 aromatic rings. The Morgan fingerprint density at radius 1 is 1.25 bits per heavy atom. The van der Waals surface area contributed by atoms with Crippen LogP contribution in [-0.2, 0) is 13.1 Å². The van der Waals surface area contributed by atoms with Crippen LogP contribution in [0.2, 0.25) is 0 Å². The van der Waals surface area contributed by atoms with E-state index in [1.54, 1.807) is 0 Å². The molecule has 0 unspecified atom stereocenters. The van der Waals surface area contributed by atoms with E-state index in [-0.39, 0.29) is 0 Å². The van der Waals surface area contributed by atoms with Crippen molar-refractivity contribution in [3.8, 4) is 0 Å².